The zero-order valence-corrected chi connectivity index (χ0v) is 50.2. The first-order chi connectivity index (χ1) is 46.5. The van der Waals surface area contributed by atoms with Crippen LogP contribution in [0.3, 0.4) is 0 Å². The topological polar surface area (TPSA) is 302 Å². The molecule has 8 N–H and O–H groups in total. The van der Waals surface area contributed by atoms with Crippen molar-refractivity contribution in [3.05, 3.63) is 317 Å². The molecule has 0 aliphatic carbocycles. The van der Waals surface area contributed by atoms with Gasteiger partial charge in [-0.25, -0.2) is 13.2 Å². The van der Waals surface area contributed by atoms with E-state index in [0.717, 1.165) is 50.2 Å². The lowest BCUT2D eigenvalue weighted by atomic mass is 9.97. The molecule has 0 fully saturated rings. The van der Waals surface area contributed by atoms with Gasteiger partial charge in [0.25, 0.3) is 35.2 Å². The minimum absolute atomic E-state index is 0.284. The van der Waals surface area contributed by atoms with Crippen molar-refractivity contribution in [2.45, 2.75) is 12.8 Å². The number of hydrogen-bond donors (Lipinski definition) is 8. The average molecular weight is 1290 g/mol. The Hall–Kier alpha value is -13.2. The van der Waals surface area contributed by atoms with Crippen LogP contribution in [0.15, 0.2) is 265 Å². The van der Waals surface area contributed by atoms with E-state index in [2.05, 4.69) is 47.5 Å². The minimum Gasteiger partial charge on any atom is -0.503 e. The number of ether oxygens (including phenoxy) is 2. The van der Waals surface area contributed by atoms with Crippen LogP contribution in [-0.4, -0.2) is 65.6 Å². The minimum atomic E-state index is -0.627. The van der Waals surface area contributed by atoms with Gasteiger partial charge < -0.3 is 49.8 Å². The maximum Gasteiger partial charge on any atom is 0.298 e. The van der Waals surface area contributed by atoms with E-state index in [9.17, 15) is 62.4 Å². The normalized spacial score (nSPS) is 11.1. The molecular weight excluding hydrogens is 1240 g/mol. The first kappa shape index (κ1) is 65.7. The summed E-state index contributed by atoms with van der Waals surface area (Å²) in [7, 11) is 0. The molecule has 0 saturated carbocycles. The van der Waals surface area contributed by atoms with Crippen LogP contribution in [0.5, 0.6) is 34.5 Å². The van der Waals surface area contributed by atoms with Crippen LogP contribution in [-0.2, 0) is 22.4 Å². The van der Waals surface area contributed by atoms with Gasteiger partial charge in [-0.3, -0.25) is 28.8 Å². The van der Waals surface area contributed by atoms with Crippen LogP contribution in [0.25, 0.3) is 67.0 Å². The second-order valence-electron chi connectivity index (χ2n) is 21.2. The highest BCUT2D eigenvalue weighted by atomic mass is 19.1. The number of halogens is 3. The highest BCUT2D eigenvalue weighted by Crippen LogP contribution is 2.35. The molecule has 1 aliphatic rings. The van der Waals surface area contributed by atoms with E-state index in [-0.39, 0.29) is 29.0 Å². The number of hydrogen-bond acceptors (Lipinski definition) is 15. The fourth-order valence-electron chi connectivity index (χ4n) is 9.99. The SMILES string of the molecule is O=COc1ccc(-c2cc(O)c(=O)[nH]c2-c2ccc(OC=O)cc2)cc1.O=c1[nH]c(-c2ccc(C3=NN=NC3)cc2)c(-c2ccc(F)cc2)cc1O.O=c1[nH]c(Cc2ccc(-c3ccccc3)cc2)c(-c2ccc(F)cc2)cc1O.O=c1[nH]cc(Cc2ccc(F)cc2)cc1O. The number of benzene rings is 8. The van der Waals surface area contributed by atoms with E-state index >= 15 is 0 Å². The Morgan fingerprint density at radius 3 is 1.26 bits per heavy atom. The quantitative estimate of drug-likeness (QED) is 0.0445. The molecule has 19 nitrogen and oxygen atoms in total. The molecule has 1 aliphatic heterocycles. The smallest absolute Gasteiger partial charge is 0.298 e. The van der Waals surface area contributed by atoms with Gasteiger partial charge in [-0.05, 0) is 170 Å². The monoisotopic (exact) mass is 1290 g/mol. The molecular formula is C74H54F3N7O12. The molecule has 0 atom stereocenters. The summed E-state index contributed by atoms with van der Waals surface area (Å²) in [5, 5.41) is 50.1. The molecule has 5 heterocycles. The molecule has 478 valence electrons. The number of aromatic amines is 4. The average Bonchev–Trinajstić information content (AvgIpc) is 0.871. The summed E-state index contributed by atoms with van der Waals surface area (Å²) in [4.78, 5) is 78.0. The first-order valence-electron chi connectivity index (χ1n) is 29.1. The molecule has 8 aromatic carbocycles. The van der Waals surface area contributed by atoms with Crippen LogP contribution < -0.4 is 31.7 Å². The highest BCUT2D eigenvalue weighted by Gasteiger charge is 2.17. The third kappa shape index (κ3) is 16.8. The summed E-state index contributed by atoms with van der Waals surface area (Å²) in [6.45, 7) is 1.09. The van der Waals surface area contributed by atoms with Crippen molar-refractivity contribution in [1.29, 1.82) is 0 Å². The zero-order chi connectivity index (χ0) is 67.7. The molecule has 0 amide bonds. The van der Waals surface area contributed by atoms with Crippen molar-refractivity contribution >= 4 is 18.7 Å². The Labute approximate surface area is 542 Å². The van der Waals surface area contributed by atoms with Crippen molar-refractivity contribution in [2.24, 2.45) is 15.4 Å². The summed E-state index contributed by atoms with van der Waals surface area (Å²) in [5.41, 5.74) is 11.4. The third-order valence-corrected chi connectivity index (χ3v) is 14.8. The molecule has 13 rings (SSSR count). The Balaban J connectivity index is 0.000000142. The largest absolute Gasteiger partial charge is 0.503 e. The van der Waals surface area contributed by atoms with Crippen LogP contribution >= 0.6 is 0 Å². The maximum atomic E-state index is 13.3. The van der Waals surface area contributed by atoms with Crippen LogP contribution in [0, 0.1) is 17.5 Å². The second-order valence-corrected chi connectivity index (χ2v) is 21.2. The van der Waals surface area contributed by atoms with Gasteiger partial charge in [-0.15, -0.1) is 5.10 Å². The van der Waals surface area contributed by atoms with Crippen molar-refractivity contribution in [3.8, 4) is 102 Å². The lowest BCUT2D eigenvalue weighted by Crippen LogP contribution is -2.10. The standard InChI is InChI=1S/C24H18FNO2.C19H13FN4O2.C19H13NO6.C12H10FNO2/c25-20-12-10-19(11-13-20)21-15-23(27)24(28)26-22(21)14-16-6-8-18(9-7-16)17-4-2-1-3-5-17;20-14-7-5-11(6-8-14)15-9-17(25)19(26)22-18(15)13-3-1-12(2-4-13)16-10-21-24-23-16;21-10-25-14-5-1-12(2-6-14)16-9-17(23)19(24)20-18(16)13-3-7-15(8-4-13)26-11-22;13-10-3-1-8(2-4-10)5-9-6-11(15)12(16)14-7-9/h1-13,15,27H,14H2,(H,26,28);1-9,25H,10H2,(H,22,26);1-11,23H,(H,20,24);1-4,6-7,15H,5H2,(H,14,16). The lowest BCUT2D eigenvalue weighted by molar-refractivity contribution is -0.121. The van der Waals surface area contributed by atoms with E-state index in [4.69, 9.17) is 9.47 Å². The molecule has 4 aromatic heterocycles. The molecule has 0 bridgehead atoms. The fraction of sp³-hybridized carbons (Fsp3) is 0.0405. The molecule has 0 unspecified atom stereocenters. The summed E-state index contributed by atoms with van der Waals surface area (Å²) in [6, 6.07) is 62.2. The fourth-order valence-corrected chi connectivity index (χ4v) is 9.99. The second kappa shape index (κ2) is 30.7. The van der Waals surface area contributed by atoms with Gasteiger partial charge in [-0.1, -0.05) is 127 Å². The molecule has 12 aromatic rings. The van der Waals surface area contributed by atoms with Gasteiger partial charge in [0.05, 0.1) is 17.1 Å². The van der Waals surface area contributed by atoms with Crippen molar-refractivity contribution in [1.82, 2.24) is 19.9 Å². The molecule has 96 heavy (non-hydrogen) atoms. The van der Waals surface area contributed by atoms with E-state index in [1.807, 2.05) is 66.7 Å². The van der Waals surface area contributed by atoms with Gasteiger partial charge in [0.2, 0.25) is 0 Å². The molecule has 0 radical (unpaired) electrons. The maximum absolute atomic E-state index is 13.3. The van der Waals surface area contributed by atoms with Crippen LogP contribution in [0.2, 0.25) is 0 Å². The highest BCUT2D eigenvalue weighted by molar-refractivity contribution is 6.03. The van der Waals surface area contributed by atoms with Gasteiger partial charge in [0.15, 0.2) is 23.0 Å². The lowest BCUT2D eigenvalue weighted by Gasteiger charge is -2.11. The number of carbonyl (C=O) groups is 2. The third-order valence-electron chi connectivity index (χ3n) is 14.8. The number of aromatic nitrogens is 4. The Morgan fingerprint density at radius 2 is 0.781 bits per heavy atom. The van der Waals surface area contributed by atoms with Gasteiger partial charge in [-0.2, -0.15) is 5.11 Å². The Kier molecular flexibility index (Phi) is 21.0. The van der Waals surface area contributed by atoms with E-state index < -0.39 is 33.7 Å². The summed E-state index contributed by atoms with van der Waals surface area (Å²) >= 11 is 0. The summed E-state index contributed by atoms with van der Waals surface area (Å²) in [5.74, 6) is -1.73. The molecule has 22 heteroatoms. The molecule has 0 spiro atoms. The van der Waals surface area contributed by atoms with Crippen LogP contribution in [0.1, 0.15) is 27.9 Å². The first-order valence-corrected chi connectivity index (χ1v) is 29.1. The van der Waals surface area contributed by atoms with E-state index in [1.165, 1.54) is 66.9 Å². The number of rotatable bonds is 15. The van der Waals surface area contributed by atoms with Gasteiger partial charge in [0.1, 0.15) is 35.5 Å². The Morgan fingerprint density at radius 1 is 0.396 bits per heavy atom. The van der Waals surface area contributed by atoms with E-state index in [0.29, 0.717) is 94.3 Å². The van der Waals surface area contributed by atoms with E-state index in [1.54, 1.807) is 84.9 Å². The van der Waals surface area contributed by atoms with Gasteiger partial charge in [0, 0.05) is 35.0 Å². The number of nitrogens with zero attached hydrogens (tertiary/aromatic N) is 3. The van der Waals surface area contributed by atoms with Gasteiger partial charge >= 0.3 is 0 Å². The van der Waals surface area contributed by atoms with Crippen molar-refractivity contribution in [2.75, 3.05) is 6.54 Å². The number of nitrogens with one attached hydrogen (secondary N) is 4. The van der Waals surface area contributed by atoms with Crippen LogP contribution in [0.4, 0.5) is 13.2 Å². The molecule has 0 saturated heterocycles. The predicted molar refractivity (Wildman–Crippen MR) is 356 cm³/mol. The van der Waals surface area contributed by atoms with Crippen molar-refractivity contribution in [3.63, 3.8) is 0 Å². The predicted octanol–water partition coefficient (Wildman–Crippen LogP) is 13.2. The summed E-state index contributed by atoms with van der Waals surface area (Å²) in [6.07, 6.45) is 2.55. The zero-order valence-electron chi connectivity index (χ0n) is 50.2. The Bertz CT molecular complexity index is 5030. The van der Waals surface area contributed by atoms with Crippen molar-refractivity contribution < 1.29 is 52.7 Å². The number of H-pyrrole nitrogens is 4. The number of pyridine rings is 4. The summed E-state index contributed by atoms with van der Waals surface area (Å²) < 4.78 is 48.7. The number of carbonyl (C=O) groups excluding carboxylic acids is 2. The number of aromatic hydroxyl groups is 4.